The van der Waals surface area contributed by atoms with Crippen LogP contribution in [0.3, 0.4) is 0 Å². The zero-order chi connectivity index (χ0) is 15.2. The minimum atomic E-state index is -0.157. The van der Waals surface area contributed by atoms with E-state index in [9.17, 15) is 4.79 Å². The Morgan fingerprint density at radius 2 is 2.19 bits per heavy atom. The first-order valence-corrected chi connectivity index (χ1v) is 8.71. The number of ether oxygens (including phenoxy) is 1. The van der Waals surface area contributed by atoms with E-state index in [1.54, 1.807) is 0 Å². The van der Waals surface area contributed by atoms with Gasteiger partial charge in [0.15, 0.2) is 0 Å². The Kier molecular flexibility index (Phi) is 6.12. The summed E-state index contributed by atoms with van der Waals surface area (Å²) < 4.78 is 5.16. The van der Waals surface area contributed by atoms with Crippen molar-refractivity contribution in [2.75, 3.05) is 12.4 Å². The molecule has 1 aromatic rings. The smallest absolute Gasteiger partial charge is 0.323 e. The molecule has 116 valence electrons. The molecule has 0 aliphatic heterocycles. The number of carbonyl (C=O) groups is 1. The van der Waals surface area contributed by atoms with Crippen molar-refractivity contribution in [1.29, 1.82) is 0 Å². The van der Waals surface area contributed by atoms with Crippen molar-refractivity contribution < 1.29 is 9.53 Å². The molecule has 0 spiro atoms. The number of hydrogen-bond acceptors (Lipinski definition) is 4. The summed E-state index contributed by atoms with van der Waals surface area (Å²) >= 11 is 1.82. The van der Waals surface area contributed by atoms with Gasteiger partial charge in [-0.1, -0.05) is 17.7 Å². The van der Waals surface area contributed by atoms with Gasteiger partial charge >= 0.3 is 5.97 Å². The summed E-state index contributed by atoms with van der Waals surface area (Å²) in [4.78, 5) is 13.3. The third kappa shape index (κ3) is 5.36. The Morgan fingerprint density at radius 1 is 1.43 bits per heavy atom. The Labute approximate surface area is 131 Å². The predicted octanol–water partition coefficient (Wildman–Crippen LogP) is 3.47. The molecule has 0 radical (unpaired) electrons. The third-order valence-electron chi connectivity index (χ3n) is 3.58. The van der Waals surface area contributed by atoms with E-state index in [0.717, 1.165) is 12.2 Å². The average molecular weight is 307 g/mol. The fraction of sp³-hybridized carbons (Fsp3) is 0.588. The first-order valence-electron chi connectivity index (χ1n) is 7.73. The van der Waals surface area contributed by atoms with E-state index < -0.39 is 0 Å². The second-order valence-electron chi connectivity index (χ2n) is 5.65. The molecular weight excluding hydrogens is 282 g/mol. The molecule has 0 heterocycles. The molecule has 1 aromatic carbocycles. The Hall–Kier alpha value is -1.00. The molecule has 0 bridgehead atoms. The van der Waals surface area contributed by atoms with Crippen LogP contribution in [-0.2, 0) is 9.53 Å². The van der Waals surface area contributed by atoms with Crippen molar-refractivity contribution in [3.63, 3.8) is 0 Å². The maximum atomic E-state index is 12.0. The zero-order valence-corrected chi connectivity index (χ0v) is 14.0. The van der Waals surface area contributed by atoms with Crippen LogP contribution in [0.4, 0.5) is 0 Å². The highest BCUT2D eigenvalue weighted by atomic mass is 32.2. The molecule has 21 heavy (non-hydrogen) atoms. The molecule has 1 aliphatic carbocycles. The van der Waals surface area contributed by atoms with Gasteiger partial charge in [-0.25, -0.2) is 0 Å². The fourth-order valence-corrected chi connectivity index (χ4v) is 3.32. The monoisotopic (exact) mass is 307 g/mol. The van der Waals surface area contributed by atoms with Crippen LogP contribution >= 0.6 is 11.8 Å². The van der Waals surface area contributed by atoms with E-state index in [1.165, 1.54) is 28.9 Å². The number of rotatable bonds is 8. The first kappa shape index (κ1) is 16.4. The van der Waals surface area contributed by atoms with Crippen LogP contribution in [0.2, 0.25) is 0 Å². The van der Waals surface area contributed by atoms with Gasteiger partial charge < -0.3 is 10.1 Å². The molecule has 1 atom stereocenters. The number of aryl methyl sites for hydroxylation is 2. The van der Waals surface area contributed by atoms with Crippen LogP contribution < -0.4 is 5.32 Å². The summed E-state index contributed by atoms with van der Waals surface area (Å²) in [6.45, 7) is 6.56. The van der Waals surface area contributed by atoms with E-state index in [1.807, 2.05) is 18.7 Å². The van der Waals surface area contributed by atoms with Gasteiger partial charge in [0, 0.05) is 16.7 Å². The topological polar surface area (TPSA) is 38.3 Å². The highest BCUT2D eigenvalue weighted by Crippen LogP contribution is 2.25. The standard InChI is InChI=1S/C17H25NO2S/c1-4-20-17(19)15(18-14-6-7-14)9-10-21-16-8-5-12(2)11-13(16)3/h5,8,11,14-15,18H,4,6-7,9-10H2,1-3H3. The number of benzene rings is 1. The molecule has 0 amide bonds. The van der Waals surface area contributed by atoms with E-state index in [2.05, 4.69) is 37.4 Å². The summed E-state index contributed by atoms with van der Waals surface area (Å²) in [6.07, 6.45) is 3.17. The quantitative estimate of drug-likeness (QED) is 0.589. The van der Waals surface area contributed by atoms with E-state index >= 15 is 0 Å². The maximum absolute atomic E-state index is 12.0. The van der Waals surface area contributed by atoms with Gasteiger partial charge in [-0.2, -0.15) is 0 Å². The van der Waals surface area contributed by atoms with Crippen LogP contribution in [-0.4, -0.2) is 30.4 Å². The number of thioether (sulfide) groups is 1. The van der Waals surface area contributed by atoms with Crippen molar-refractivity contribution in [1.82, 2.24) is 5.32 Å². The molecule has 4 heteroatoms. The van der Waals surface area contributed by atoms with Gasteiger partial charge in [-0.15, -0.1) is 11.8 Å². The van der Waals surface area contributed by atoms with Crippen molar-refractivity contribution in [3.05, 3.63) is 29.3 Å². The van der Waals surface area contributed by atoms with Crippen molar-refractivity contribution in [2.45, 2.75) is 57.0 Å². The van der Waals surface area contributed by atoms with E-state index in [-0.39, 0.29) is 12.0 Å². The SMILES string of the molecule is CCOC(=O)C(CCSc1ccc(C)cc1C)NC1CC1. The van der Waals surface area contributed by atoms with Gasteiger partial charge in [-0.3, -0.25) is 4.79 Å². The van der Waals surface area contributed by atoms with Crippen molar-refractivity contribution >= 4 is 17.7 Å². The lowest BCUT2D eigenvalue weighted by Crippen LogP contribution is -2.39. The second-order valence-corrected chi connectivity index (χ2v) is 6.79. The van der Waals surface area contributed by atoms with Crippen molar-refractivity contribution in [3.8, 4) is 0 Å². The van der Waals surface area contributed by atoms with Gasteiger partial charge in [-0.05, 0) is 51.7 Å². The highest BCUT2D eigenvalue weighted by molar-refractivity contribution is 7.99. The van der Waals surface area contributed by atoms with Crippen LogP contribution in [0.15, 0.2) is 23.1 Å². The number of nitrogens with one attached hydrogen (secondary N) is 1. The molecule has 0 saturated heterocycles. The van der Waals surface area contributed by atoms with Crippen LogP contribution in [0.1, 0.15) is 37.3 Å². The normalized spacial score (nSPS) is 15.8. The summed E-state index contributed by atoms with van der Waals surface area (Å²) in [5.74, 6) is 0.818. The summed E-state index contributed by atoms with van der Waals surface area (Å²) in [5, 5.41) is 3.40. The number of hydrogen-bond donors (Lipinski definition) is 1. The minimum Gasteiger partial charge on any atom is -0.465 e. The molecule has 1 unspecified atom stereocenters. The molecule has 0 aromatic heterocycles. The van der Waals surface area contributed by atoms with E-state index in [0.29, 0.717) is 12.6 Å². The van der Waals surface area contributed by atoms with Gasteiger partial charge in [0.1, 0.15) is 6.04 Å². The Morgan fingerprint density at radius 3 is 2.81 bits per heavy atom. The zero-order valence-electron chi connectivity index (χ0n) is 13.1. The molecule has 1 fully saturated rings. The largest absolute Gasteiger partial charge is 0.465 e. The summed E-state index contributed by atoms with van der Waals surface area (Å²) in [6, 6.07) is 6.87. The third-order valence-corrected chi connectivity index (χ3v) is 4.79. The molecule has 1 N–H and O–H groups in total. The van der Waals surface area contributed by atoms with E-state index in [4.69, 9.17) is 4.74 Å². The molecular formula is C17H25NO2S. The number of esters is 1. The number of carbonyl (C=O) groups excluding carboxylic acids is 1. The first-order chi connectivity index (χ1) is 10.1. The molecule has 3 nitrogen and oxygen atoms in total. The molecule has 2 rings (SSSR count). The van der Waals surface area contributed by atoms with Crippen LogP contribution in [0.25, 0.3) is 0 Å². The summed E-state index contributed by atoms with van der Waals surface area (Å²) in [7, 11) is 0. The minimum absolute atomic E-state index is 0.106. The average Bonchev–Trinajstić information content (AvgIpc) is 3.24. The Balaban J connectivity index is 1.84. The molecule has 1 saturated carbocycles. The fourth-order valence-electron chi connectivity index (χ4n) is 2.29. The van der Waals surface area contributed by atoms with Gasteiger partial charge in [0.05, 0.1) is 6.61 Å². The van der Waals surface area contributed by atoms with Gasteiger partial charge in [0.25, 0.3) is 0 Å². The van der Waals surface area contributed by atoms with Crippen molar-refractivity contribution in [2.24, 2.45) is 0 Å². The lowest BCUT2D eigenvalue weighted by Gasteiger charge is -2.17. The summed E-state index contributed by atoms with van der Waals surface area (Å²) in [5.41, 5.74) is 2.60. The second kappa shape index (κ2) is 7.85. The highest BCUT2D eigenvalue weighted by Gasteiger charge is 2.28. The lowest BCUT2D eigenvalue weighted by molar-refractivity contribution is -0.145. The van der Waals surface area contributed by atoms with Crippen LogP contribution in [0.5, 0.6) is 0 Å². The predicted molar refractivity (Wildman–Crippen MR) is 87.8 cm³/mol. The van der Waals surface area contributed by atoms with Crippen LogP contribution in [0, 0.1) is 13.8 Å². The Bertz CT molecular complexity index is 486. The molecule has 1 aliphatic rings. The van der Waals surface area contributed by atoms with Gasteiger partial charge in [0.2, 0.25) is 0 Å². The lowest BCUT2D eigenvalue weighted by atomic mass is 10.2. The maximum Gasteiger partial charge on any atom is 0.323 e.